The number of hydrogen-bond donors (Lipinski definition) is 2. The van der Waals surface area contributed by atoms with Gasteiger partial charge in [-0.2, -0.15) is 0 Å². The number of fused-ring (bicyclic) bond motifs is 2. The number of aliphatic hydroxyl groups excluding tert-OH is 2. The fourth-order valence-corrected chi connectivity index (χ4v) is 10.4. The van der Waals surface area contributed by atoms with E-state index in [4.69, 9.17) is 0 Å². The molecule has 0 fully saturated rings. The molecule has 26 heavy (non-hydrogen) atoms. The van der Waals surface area contributed by atoms with E-state index in [1.165, 1.54) is 30.5 Å². The zero-order valence-electron chi connectivity index (χ0n) is 14.1. The fourth-order valence-electron chi connectivity index (χ4n) is 3.03. The zero-order valence-corrected chi connectivity index (χ0v) is 17.5. The van der Waals surface area contributed by atoms with Gasteiger partial charge in [0, 0.05) is 0 Å². The monoisotopic (exact) mass is 474 g/mol. The molecule has 4 aromatic carbocycles. The Morgan fingerprint density at radius 2 is 0.885 bits per heavy atom. The van der Waals surface area contributed by atoms with Gasteiger partial charge in [-0.05, 0) is 0 Å². The van der Waals surface area contributed by atoms with Crippen molar-refractivity contribution in [3.8, 4) is 0 Å². The number of aliphatic hydroxyl groups is 2. The quantitative estimate of drug-likeness (QED) is 0.438. The van der Waals surface area contributed by atoms with Crippen LogP contribution in [0.1, 0.15) is 11.1 Å². The van der Waals surface area contributed by atoms with Crippen molar-refractivity contribution in [2.24, 2.45) is 0 Å². The third kappa shape index (κ3) is 3.58. The standard InChI is InChI=1S/C22H18O2Se2/c23-13-19-9-15-5-1-3-7-17(15)11-21(19)25-26-22-12-18-8-4-2-6-16(18)10-20(22)14-24/h1-12,23-24H,13-14H2. The van der Waals surface area contributed by atoms with E-state index in [0.717, 1.165) is 11.1 Å². The Labute approximate surface area is 163 Å². The fraction of sp³-hybridized carbons (Fsp3) is 0.0909. The molecule has 4 rings (SSSR count). The summed E-state index contributed by atoms with van der Waals surface area (Å²) in [5, 5.41) is 24.4. The second kappa shape index (κ2) is 7.94. The van der Waals surface area contributed by atoms with E-state index < -0.39 is 0 Å². The molecule has 0 radical (unpaired) electrons. The Morgan fingerprint density at radius 1 is 0.538 bits per heavy atom. The topological polar surface area (TPSA) is 40.5 Å². The van der Waals surface area contributed by atoms with Crippen molar-refractivity contribution in [1.29, 1.82) is 0 Å². The average Bonchev–Trinajstić information content (AvgIpc) is 2.70. The van der Waals surface area contributed by atoms with Crippen LogP contribution >= 0.6 is 0 Å². The van der Waals surface area contributed by atoms with Gasteiger partial charge in [-0.15, -0.1) is 0 Å². The number of rotatable bonds is 5. The zero-order chi connectivity index (χ0) is 17.9. The Kier molecular flexibility index (Phi) is 5.42. The second-order valence-electron chi connectivity index (χ2n) is 6.10. The van der Waals surface area contributed by atoms with Gasteiger partial charge < -0.3 is 0 Å². The van der Waals surface area contributed by atoms with Gasteiger partial charge in [0.1, 0.15) is 0 Å². The molecule has 4 aromatic rings. The minimum absolute atomic E-state index is 0.0720. The molecule has 0 unspecified atom stereocenters. The summed E-state index contributed by atoms with van der Waals surface area (Å²) in [4.78, 5) is 0. The Morgan fingerprint density at radius 3 is 1.23 bits per heavy atom. The third-order valence-electron chi connectivity index (χ3n) is 4.42. The van der Waals surface area contributed by atoms with Crippen molar-refractivity contribution in [3.05, 3.63) is 83.9 Å². The summed E-state index contributed by atoms with van der Waals surface area (Å²) in [5.41, 5.74) is 2.05. The summed E-state index contributed by atoms with van der Waals surface area (Å²) >= 11 is 0.503. The summed E-state index contributed by atoms with van der Waals surface area (Å²) < 4.78 is 2.52. The van der Waals surface area contributed by atoms with Crippen LogP contribution in [0.4, 0.5) is 0 Å². The molecule has 0 saturated carbocycles. The molecule has 2 N–H and O–H groups in total. The van der Waals surface area contributed by atoms with E-state index in [9.17, 15) is 10.2 Å². The van der Waals surface area contributed by atoms with Gasteiger partial charge in [-0.1, -0.05) is 0 Å². The number of hydrogen-bond acceptors (Lipinski definition) is 2. The molecule has 4 heteroatoms. The van der Waals surface area contributed by atoms with Crippen LogP contribution in [0, 0.1) is 0 Å². The van der Waals surface area contributed by atoms with Crippen LogP contribution in [0.3, 0.4) is 0 Å². The average molecular weight is 472 g/mol. The molecule has 0 heterocycles. The van der Waals surface area contributed by atoms with E-state index in [-0.39, 0.29) is 39.5 Å². The third-order valence-corrected chi connectivity index (χ3v) is 11.8. The molecule has 2 nitrogen and oxygen atoms in total. The van der Waals surface area contributed by atoms with Gasteiger partial charge in [0.05, 0.1) is 0 Å². The van der Waals surface area contributed by atoms with E-state index in [2.05, 4.69) is 60.7 Å². The SMILES string of the molecule is OCc1cc2ccccc2cc1[Se][Se]c1cc2ccccc2cc1CO. The first-order valence-electron chi connectivity index (χ1n) is 8.38. The molecule has 0 atom stereocenters. The van der Waals surface area contributed by atoms with Gasteiger partial charge in [-0.3, -0.25) is 0 Å². The molecule has 0 amide bonds. The van der Waals surface area contributed by atoms with Crippen LogP contribution < -0.4 is 8.92 Å². The van der Waals surface area contributed by atoms with E-state index in [0.29, 0.717) is 0 Å². The van der Waals surface area contributed by atoms with Crippen molar-refractivity contribution in [2.75, 3.05) is 0 Å². The summed E-state index contributed by atoms with van der Waals surface area (Å²) in [6.45, 7) is 0.144. The molecule has 0 aliphatic rings. The first kappa shape index (κ1) is 17.8. The van der Waals surface area contributed by atoms with Gasteiger partial charge in [-0.25, -0.2) is 0 Å². The number of benzene rings is 4. The first-order valence-corrected chi connectivity index (χ1v) is 14.4. The van der Waals surface area contributed by atoms with Crippen molar-refractivity contribution >= 4 is 56.7 Å². The van der Waals surface area contributed by atoms with Crippen molar-refractivity contribution < 1.29 is 10.2 Å². The Bertz CT molecular complexity index is 989. The summed E-state index contributed by atoms with van der Waals surface area (Å²) in [7, 11) is 0. The molecule has 0 spiro atoms. The molecule has 0 aromatic heterocycles. The normalized spacial score (nSPS) is 11.3. The summed E-state index contributed by atoms with van der Waals surface area (Å²) in [5.74, 6) is 0. The van der Waals surface area contributed by atoms with Gasteiger partial charge in [0.2, 0.25) is 0 Å². The van der Waals surface area contributed by atoms with Crippen molar-refractivity contribution in [1.82, 2.24) is 0 Å². The molecular weight excluding hydrogens is 454 g/mol. The van der Waals surface area contributed by atoms with Gasteiger partial charge in [0.15, 0.2) is 0 Å². The summed E-state index contributed by atoms with van der Waals surface area (Å²) in [6, 6.07) is 25.2. The molecular formula is C22H18O2Se2. The summed E-state index contributed by atoms with van der Waals surface area (Å²) in [6.07, 6.45) is 0. The predicted octanol–water partition coefficient (Wildman–Crippen LogP) is 2.25. The minimum atomic E-state index is 0.0720. The van der Waals surface area contributed by atoms with Crippen LogP contribution in [0.25, 0.3) is 21.5 Å². The maximum absolute atomic E-state index is 9.79. The first-order chi connectivity index (χ1) is 12.8. The van der Waals surface area contributed by atoms with Crippen LogP contribution in [0.2, 0.25) is 0 Å². The molecule has 0 aliphatic heterocycles. The van der Waals surface area contributed by atoms with Crippen LogP contribution in [-0.4, -0.2) is 36.5 Å². The molecule has 0 aliphatic carbocycles. The van der Waals surface area contributed by atoms with Crippen molar-refractivity contribution in [2.45, 2.75) is 13.2 Å². The molecule has 130 valence electrons. The second-order valence-corrected chi connectivity index (χ2v) is 12.3. The van der Waals surface area contributed by atoms with Crippen LogP contribution in [0.15, 0.2) is 72.8 Å². The molecule has 0 saturated heterocycles. The van der Waals surface area contributed by atoms with Gasteiger partial charge >= 0.3 is 164 Å². The Hall–Kier alpha value is -1.64. The van der Waals surface area contributed by atoms with Crippen LogP contribution in [0.5, 0.6) is 0 Å². The maximum atomic E-state index is 9.79. The van der Waals surface area contributed by atoms with Crippen LogP contribution in [-0.2, 0) is 13.2 Å². The molecule has 0 bridgehead atoms. The van der Waals surface area contributed by atoms with Crippen molar-refractivity contribution in [3.63, 3.8) is 0 Å². The van der Waals surface area contributed by atoms with E-state index >= 15 is 0 Å². The Balaban J connectivity index is 1.68. The van der Waals surface area contributed by atoms with E-state index in [1.807, 2.05) is 12.1 Å². The van der Waals surface area contributed by atoms with Gasteiger partial charge in [0.25, 0.3) is 0 Å². The van der Waals surface area contributed by atoms with E-state index in [1.54, 1.807) is 0 Å². The predicted molar refractivity (Wildman–Crippen MR) is 111 cm³/mol.